The molecule has 3 amide bonds. The van der Waals surface area contributed by atoms with E-state index in [9.17, 15) is 14.4 Å². The van der Waals surface area contributed by atoms with Crippen LogP contribution in [0.15, 0.2) is 0 Å². The number of carbonyl (C=O) groups excluding carboxylic acids is 2. The van der Waals surface area contributed by atoms with Gasteiger partial charge >= 0.3 is 12.0 Å². The van der Waals surface area contributed by atoms with E-state index in [0.29, 0.717) is 0 Å². The van der Waals surface area contributed by atoms with Crippen molar-refractivity contribution in [2.75, 3.05) is 13.6 Å². The van der Waals surface area contributed by atoms with Crippen LogP contribution in [-0.2, 0) is 9.59 Å². The largest absolute Gasteiger partial charge is 0.481 e. The Bertz CT molecular complexity index is 364. The van der Waals surface area contributed by atoms with Crippen LogP contribution in [0.4, 0.5) is 4.79 Å². The first-order valence-electron chi connectivity index (χ1n) is 6.04. The Morgan fingerprint density at radius 3 is 2.05 bits per heavy atom. The minimum absolute atomic E-state index is 0.173. The van der Waals surface area contributed by atoms with E-state index in [1.54, 1.807) is 27.7 Å². The molecule has 0 atom stereocenters. The number of hydrogen-bond donors (Lipinski definition) is 4. The van der Waals surface area contributed by atoms with Crippen LogP contribution in [0.3, 0.4) is 0 Å². The molecule has 0 fully saturated rings. The quantitative estimate of drug-likeness (QED) is 0.558. The lowest BCUT2D eigenvalue weighted by atomic mass is 9.74. The van der Waals surface area contributed by atoms with Gasteiger partial charge in [-0.1, -0.05) is 0 Å². The van der Waals surface area contributed by atoms with E-state index in [0.717, 1.165) is 0 Å². The van der Waals surface area contributed by atoms with Gasteiger partial charge in [0.2, 0.25) is 5.91 Å². The molecule has 0 saturated heterocycles. The number of hydrogen-bond acceptors (Lipinski definition) is 3. The van der Waals surface area contributed by atoms with E-state index in [2.05, 4.69) is 16.0 Å². The molecule has 0 spiro atoms. The van der Waals surface area contributed by atoms with E-state index in [4.69, 9.17) is 5.11 Å². The summed E-state index contributed by atoms with van der Waals surface area (Å²) in [5.74, 6) is -1.17. The Morgan fingerprint density at radius 1 is 1.11 bits per heavy atom. The fourth-order valence-corrected chi connectivity index (χ4v) is 1.17. The van der Waals surface area contributed by atoms with Crippen LogP contribution in [-0.4, -0.2) is 42.1 Å². The van der Waals surface area contributed by atoms with Crippen molar-refractivity contribution in [1.82, 2.24) is 16.0 Å². The van der Waals surface area contributed by atoms with Crippen LogP contribution < -0.4 is 16.0 Å². The number of amides is 3. The Hall–Kier alpha value is -1.79. The third-order valence-corrected chi connectivity index (χ3v) is 3.44. The minimum Gasteiger partial charge on any atom is -0.481 e. The first kappa shape index (κ1) is 17.2. The number of rotatable bonds is 6. The molecule has 110 valence electrons. The van der Waals surface area contributed by atoms with Crippen molar-refractivity contribution in [3.05, 3.63) is 0 Å². The molecule has 7 heteroatoms. The third kappa shape index (κ3) is 4.76. The van der Waals surface area contributed by atoms with Gasteiger partial charge in [0.05, 0.1) is 11.0 Å². The molecule has 0 radical (unpaired) electrons. The SMILES string of the molecule is CNC(=O)CCNC(=O)NC(C)(C)C(C)(C)C(=O)O. The maximum atomic E-state index is 11.7. The van der Waals surface area contributed by atoms with Gasteiger partial charge in [-0.2, -0.15) is 0 Å². The fourth-order valence-electron chi connectivity index (χ4n) is 1.17. The highest BCUT2D eigenvalue weighted by atomic mass is 16.4. The van der Waals surface area contributed by atoms with Crippen LogP contribution in [0.1, 0.15) is 34.1 Å². The molecule has 0 aliphatic rings. The second kappa shape index (κ2) is 6.40. The van der Waals surface area contributed by atoms with Crippen molar-refractivity contribution in [3.63, 3.8) is 0 Å². The standard InChI is InChI=1S/C12H23N3O4/c1-11(2,9(17)18)12(3,4)15-10(19)14-7-6-8(16)13-5/h6-7H2,1-5H3,(H,13,16)(H,17,18)(H2,14,15,19). The van der Waals surface area contributed by atoms with E-state index < -0.39 is 23.0 Å². The molecule has 0 aliphatic carbocycles. The monoisotopic (exact) mass is 273 g/mol. The third-order valence-electron chi connectivity index (χ3n) is 3.44. The lowest BCUT2D eigenvalue weighted by Gasteiger charge is -2.38. The Labute approximate surface area is 113 Å². The number of carboxylic acids is 1. The summed E-state index contributed by atoms with van der Waals surface area (Å²) >= 11 is 0. The molecule has 0 aromatic heterocycles. The molecule has 0 unspecified atom stereocenters. The molecular formula is C12H23N3O4. The Kier molecular flexibility index (Phi) is 5.80. The van der Waals surface area contributed by atoms with E-state index in [-0.39, 0.29) is 18.9 Å². The minimum atomic E-state index is -1.12. The molecule has 0 heterocycles. The molecule has 0 aliphatic heterocycles. The number of carboxylic acid groups (broad SMARTS) is 1. The molecule has 0 aromatic carbocycles. The van der Waals surface area contributed by atoms with Crippen LogP contribution >= 0.6 is 0 Å². The summed E-state index contributed by atoms with van der Waals surface area (Å²) < 4.78 is 0. The van der Waals surface area contributed by atoms with Crippen LogP contribution in [0.2, 0.25) is 0 Å². The zero-order valence-electron chi connectivity index (χ0n) is 12.1. The first-order chi connectivity index (χ1) is 8.54. The zero-order valence-corrected chi connectivity index (χ0v) is 12.1. The van der Waals surface area contributed by atoms with Gasteiger partial charge in [0.25, 0.3) is 0 Å². The predicted molar refractivity (Wildman–Crippen MR) is 70.7 cm³/mol. The molecule has 0 bridgehead atoms. The Morgan fingerprint density at radius 2 is 1.63 bits per heavy atom. The predicted octanol–water partition coefficient (Wildman–Crippen LogP) is 0.311. The topological polar surface area (TPSA) is 108 Å². The molecule has 19 heavy (non-hydrogen) atoms. The molecule has 0 aromatic rings. The van der Waals surface area contributed by atoms with Crippen molar-refractivity contribution >= 4 is 17.9 Å². The van der Waals surface area contributed by atoms with Crippen LogP contribution in [0.5, 0.6) is 0 Å². The van der Waals surface area contributed by atoms with E-state index in [1.165, 1.54) is 7.05 Å². The Balaban J connectivity index is 4.39. The number of urea groups is 1. The molecule has 0 rings (SSSR count). The maximum absolute atomic E-state index is 11.7. The van der Waals surface area contributed by atoms with Crippen molar-refractivity contribution in [3.8, 4) is 0 Å². The van der Waals surface area contributed by atoms with Gasteiger partial charge < -0.3 is 21.1 Å². The molecule has 4 N–H and O–H groups in total. The van der Waals surface area contributed by atoms with Gasteiger partial charge in [-0.3, -0.25) is 9.59 Å². The van der Waals surface area contributed by atoms with E-state index in [1.807, 2.05) is 0 Å². The summed E-state index contributed by atoms with van der Waals surface area (Å²) in [5, 5.41) is 16.7. The van der Waals surface area contributed by atoms with E-state index >= 15 is 0 Å². The fraction of sp³-hybridized carbons (Fsp3) is 0.750. The summed E-state index contributed by atoms with van der Waals surface area (Å²) in [5.41, 5.74) is -2.05. The second-order valence-corrected chi connectivity index (χ2v) is 5.36. The summed E-state index contributed by atoms with van der Waals surface area (Å²) in [4.78, 5) is 33.8. The smallest absolute Gasteiger partial charge is 0.315 e. The zero-order chi connectivity index (χ0) is 15.3. The highest BCUT2D eigenvalue weighted by molar-refractivity contribution is 5.80. The first-order valence-corrected chi connectivity index (χ1v) is 6.04. The van der Waals surface area contributed by atoms with Gasteiger partial charge in [0.1, 0.15) is 0 Å². The average Bonchev–Trinajstić information content (AvgIpc) is 2.27. The summed E-state index contributed by atoms with van der Waals surface area (Å²) in [7, 11) is 1.51. The van der Waals surface area contributed by atoms with Crippen molar-refractivity contribution in [2.24, 2.45) is 5.41 Å². The lowest BCUT2D eigenvalue weighted by Crippen LogP contribution is -2.59. The number of nitrogens with one attached hydrogen (secondary N) is 3. The summed E-state index contributed by atoms with van der Waals surface area (Å²) in [6.07, 6.45) is 0.173. The van der Waals surface area contributed by atoms with Gasteiger partial charge in [-0.05, 0) is 27.7 Å². The van der Waals surface area contributed by atoms with Crippen molar-refractivity contribution in [2.45, 2.75) is 39.7 Å². The van der Waals surface area contributed by atoms with Gasteiger partial charge in [0.15, 0.2) is 0 Å². The van der Waals surface area contributed by atoms with Gasteiger partial charge in [0, 0.05) is 20.0 Å². The van der Waals surface area contributed by atoms with Crippen LogP contribution in [0, 0.1) is 5.41 Å². The normalized spacial score (nSPS) is 11.6. The summed E-state index contributed by atoms with van der Waals surface area (Å²) in [6.45, 7) is 6.55. The van der Waals surface area contributed by atoms with Gasteiger partial charge in [-0.15, -0.1) is 0 Å². The second-order valence-electron chi connectivity index (χ2n) is 5.36. The highest BCUT2D eigenvalue weighted by Gasteiger charge is 2.44. The van der Waals surface area contributed by atoms with Crippen molar-refractivity contribution in [1.29, 1.82) is 0 Å². The summed E-state index contributed by atoms with van der Waals surface area (Å²) in [6, 6.07) is -0.497. The van der Waals surface area contributed by atoms with Crippen molar-refractivity contribution < 1.29 is 19.5 Å². The molecule has 7 nitrogen and oxygen atoms in total. The number of carbonyl (C=O) groups is 3. The molecule has 0 saturated carbocycles. The number of aliphatic carboxylic acids is 1. The molecular weight excluding hydrogens is 250 g/mol. The van der Waals surface area contributed by atoms with Crippen LogP contribution in [0.25, 0.3) is 0 Å². The lowest BCUT2D eigenvalue weighted by molar-refractivity contribution is -0.150. The maximum Gasteiger partial charge on any atom is 0.315 e. The average molecular weight is 273 g/mol. The van der Waals surface area contributed by atoms with Gasteiger partial charge in [-0.25, -0.2) is 4.79 Å². The highest BCUT2D eigenvalue weighted by Crippen LogP contribution is 2.30.